The van der Waals surface area contributed by atoms with Crippen LogP contribution in [0.5, 0.6) is 0 Å². The van der Waals surface area contributed by atoms with Crippen LogP contribution in [0, 0.1) is 5.41 Å². The van der Waals surface area contributed by atoms with Crippen LogP contribution < -0.4 is 5.32 Å². The number of aromatic nitrogens is 4. The highest BCUT2D eigenvalue weighted by Crippen LogP contribution is 2.40. The van der Waals surface area contributed by atoms with Gasteiger partial charge in [0.2, 0.25) is 5.65 Å². The van der Waals surface area contributed by atoms with Gasteiger partial charge in [0.05, 0.1) is 0 Å². The largest absolute Gasteiger partial charge is 0.366 e. The molecule has 1 saturated carbocycles. The van der Waals surface area contributed by atoms with Crippen LogP contribution in [0.3, 0.4) is 0 Å². The van der Waals surface area contributed by atoms with Crippen LogP contribution in [0.25, 0.3) is 5.65 Å². The molecule has 0 spiro atoms. The fraction of sp³-hybridized carbons (Fsp3) is 0.545. The maximum atomic E-state index is 4.31. The average molecular weight is 217 g/mol. The number of nitrogens with one attached hydrogen (secondary N) is 1. The first-order valence-corrected chi connectivity index (χ1v) is 5.65. The number of rotatable bonds is 3. The van der Waals surface area contributed by atoms with Crippen molar-refractivity contribution in [3.05, 3.63) is 18.7 Å². The lowest BCUT2D eigenvalue weighted by Gasteiger charge is -2.38. The summed E-state index contributed by atoms with van der Waals surface area (Å²) in [6.07, 6.45) is 9.26. The van der Waals surface area contributed by atoms with Crippen LogP contribution in [0.1, 0.15) is 26.2 Å². The second kappa shape index (κ2) is 3.43. The lowest BCUT2D eigenvalue weighted by atomic mass is 9.70. The molecule has 16 heavy (non-hydrogen) atoms. The maximum absolute atomic E-state index is 4.31. The van der Waals surface area contributed by atoms with Crippen LogP contribution in [0.4, 0.5) is 5.82 Å². The topological polar surface area (TPSA) is 55.1 Å². The normalized spacial score (nSPS) is 18.3. The molecule has 0 bridgehead atoms. The van der Waals surface area contributed by atoms with Crippen LogP contribution in [-0.4, -0.2) is 26.1 Å². The Hall–Kier alpha value is -1.65. The lowest BCUT2D eigenvalue weighted by molar-refractivity contribution is 0.180. The maximum Gasteiger partial charge on any atom is 0.203 e. The summed E-state index contributed by atoms with van der Waals surface area (Å²) in [5, 5.41) is 11.3. The summed E-state index contributed by atoms with van der Waals surface area (Å²) in [5.74, 6) is 0.827. The zero-order valence-corrected chi connectivity index (χ0v) is 9.35. The quantitative estimate of drug-likeness (QED) is 0.850. The number of hydrogen-bond acceptors (Lipinski definition) is 4. The van der Waals surface area contributed by atoms with E-state index in [9.17, 15) is 0 Å². The molecule has 0 saturated heterocycles. The zero-order chi connectivity index (χ0) is 11.0. The number of anilines is 1. The minimum atomic E-state index is 0.439. The van der Waals surface area contributed by atoms with E-state index in [-0.39, 0.29) is 0 Å². The fourth-order valence-corrected chi connectivity index (χ4v) is 2.14. The first-order valence-electron chi connectivity index (χ1n) is 5.65. The SMILES string of the molecule is CC1(CNc2nccn3cnnc23)CCC1. The van der Waals surface area contributed by atoms with Gasteiger partial charge in [0, 0.05) is 18.9 Å². The van der Waals surface area contributed by atoms with Crippen molar-refractivity contribution in [1.82, 2.24) is 19.6 Å². The highest BCUT2D eigenvalue weighted by atomic mass is 15.2. The molecule has 1 aliphatic carbocycles. The summed E-state index contributed by atoms with van der Waals surface area (Å²) < 4.78 is 1.87. The molecule has 0 aliphatic heterocycles. The Morgan fingerprint density at radius 1 is 1.50 bits per heavy atom. The summed E-state index contributed by atoms with van der Waals surface area (Å²) >= 11 is 0. The van der Waals surface area contributed by atoms with Gasteiger partial charge in [-0.15, -0.1) is 10.2 Å². The third-order valence-corrected chi connectivity index (χ3v) is 3.46. The third-order valence-electron chi connectivity index (χ3n) is 3.46. The molecule has 0 unspecified atom stereocenters. The summed E-state index contributed by atoms with van der Waals surface area (Å²) in [7, 11) is 0. The van der Waals surface area contributed by atoms with Crippen molar-refractivity contribution >= 4 is 11.5 Å². The molecule has 0 amide bonds. The predicted molar refractivity (Wildman–Crippen MR) is 61.2 cm³/mol. The Kier molecular flexibility index (Phi) is 2.05. The van der Waals surface area contributed by atoms with E-state index in [0.717, 1.165) is 18.0 Å². The summed E-state index contributed by atoms with van der Waals surface area (Å²) in [6, 6.07) is 0. The molecule has 5 nitrogen and oxygen atoms in total. The number of hydrogen-bond donors (Lipinski definition) is 1. The predicted octanol–water partition coefficient (Wildman–Crippen LogP) is 1.73. The first-order chi connectivity index (χ1) is 7.77. The Labute approximate surface area is 93.9 Å². The Morgan fingerprint density at radius 2 is 2.38 bits per heavy atom. The van der Waals surface area contributed by atoms with Gasteiger partial charge >= 0.3 is 0 Å². The van der Waals surface area contributed by atoms with Gasteiger partial charge < -0.3 is 5.32 Å². The van der Waals surface area contributed by atoms with E-state index in [2.05, 4.69) is 27.4 Å². The number of nitrogens with zero attached hydrogens (tertiary/aromatic N) is 4. The van der Waals surface area contributed by atoms with Crippen molar-refractivity contribution < 1.29 is 0 Å². The highest BCUT2D eigenvalue weighted by Gasteiger charge is 2.31. The van der Waals surface area contributed by atoms with Crippen LogP contribution in [0.2, 0.25) is 0 Å². The Balaban J connectivity index is 1.81. The van der Waals surface area contributed by atoms with Crippen molar-refractivity contribution in [1.29, 1.82) is 0 Å². The molecule has 1 fully saturated rings. The van der Waals surface area contributed by atoms with E-state index in [1.165, 1.54) is 19.3 Å². The van der Waals surface area contributed by atoms with E-state index >= 15 is 0 Å². The van der Waals surface area contributed by atoms with Gasteiger partial charge in [-0.25, -0.2) is 4.98 Å². The van der Waals surface area contributed by atoms with Gasteiger partial charge in [0.25, 0.3) is 0 Å². The zero-order valence-electron chi connectivity index (χ0n) is 9.35. The van der Waals surface area contributed by atoms with Crippen molar-refractivity contribution in [3.8, 4) is 0 Å². The Morgan fingerprint density at radius 3 is 3.12 bits per heavy atom. The molecular weight excluding hydrogens is 202 g/mol. The third kappa shape index (κ3) is 1.52. The van der Waals surface area contributed by atoms with Crippen molar-refractivity contribution in [2.45, 2.75) is 26.2 Å². The molecule has 2 aromatic rings. The van der Waals surface area contributed by atoms with E-state index < -0.39 is 0 Å². The molecule has 1 N–H and O–H groups in total. The molecule has 5 heteroatoms. The van der Waals surface area contributed by atoms with Crippen LogP contribution in [0.15, 0.2) is 18.7 Å². The van der Waals surface area contributed by atoms with Gasteiger partial charge in [-0.1, -0.05) is 13.3 Å². The average Bonchev–Trinajstić information content (AvgIpc) is 2.72. The second-order valence-corrected chi connectivity index (χ2v) is 4.86. The second-order valence-electron chi connectivity index (χ2n) is 4.86. The molecular formula is C11H15N5. The van der Waals surface area contributed by atoms with Gasteiger partial charge in [-0.05, 0) is 18.3 Å². The summed E-state index contributed by atoms with van der Waals surface area (Å²) in [5.41, 5.74) is 1.24. The minimum absolute atomic E-state index is 0.439. The van der Waals surface area contributed by atoms with Gasteiger partial charge in [0.15, 0.2) is 5.82 Å². The Bertz CT molecular complexity index is 500. The van der Waals surface area contributed by atoms with E-state index in [1.807, 2.05) is 10.6 Å². The van der Waals surface area contributed by atoms with Crippen molar-refractivity contribution in [2.24, 2.45) is 5.41 Å². The highest BCUT2D eigenvalue weighted by molar-refractivity contribution is 5.61. The molecule has 2 aromatic heterocycles. The summed E-state index contributed by atoms with van der Waals surface area (Å²) in [6.45, 7) is 3.28. The van der Waals surface area contributed by atoms with Gasteiger partial charge in [0.1, 0.15) is 6.33 Å². The molecule has 2 heterocycles. The molecule has 3 rings (SSSR count). The molecule has 0 atom stereocenters. The van der Waals surface area contributed by atoms with E-state index in [1.54, 1.807) is 12.5 Å². The standard InChI is InChI=1S/C11H15N5/c1-11(3-2-4-11)7-13-9-10-15-14-8-16(10)6-5-12-9/h5-6,8H,2-4,7H2,1H3,(H,12,13). The molecule has 0 radical (unpaired) electrons. The fourth-order valence-electron chi connectivity index (χ4n) is 2.14. The lowest BCUT2D eigenvalue weighted by Crippen LogP contribution is -2.33. The van der Waals surface area contributed by atoms with E-state index in [0.29, 0.717) is 5.41 Å². The smallest absolute Gasteiger partial charge is 0.203 e. The van der Waals surface area contributed by atoms with Gasteiger partial charge in [-0.3, -0.25) is 4.40 Å². The van der Waals surface area contributed by atoms with E-state index in [4.69, 9.17) is 0 Å². The minimum Gasteiger partial charge on any atom is -0.366 e. The van der Waals surface area contributed by atoms with Crippen molar-refractivity contribution in [2.75, 3.05) is 11.9 Å². The summed E-state index contributed by atoms with van der Waals surface area (Å²) in [4.78, 5) is 4.31. The van der Waals surface area contributed by atoms with Crippen LogP contribution in [-0.2, 0) is 0 Å². The van der Waals surface area contributed by atoms with Crippen LogP contribution >= 0.6 is 0 Å². The first kappa shape index (κ1) is 9.57. The van der Waals surface area contributed by atoms with Crippen molar-refractivity contribution in [3.63, 3.8) is 0 Å². The monoisotopic (exact) mass is 217 g/mol. The molecule has 0 aromatic carbocycles. The van der Waals surface area contributed by atoms with Gasteiger partial charge in [-0.2, -0.15) is 0 Å². The number of fused-ring (bicyclic) bond motifs is 1. The molecule has 1 aliphatic rings. The molecule has 84 valence electrons.